The fourth-order valence-electron chi connectivity index (χ4n) is 3.08. The average Bonchev–Trinajstić information content (AvgIpc) is 3.21. The predicted molar refractivity (Wildman–Crippen MR) is 107 cm³/mol. The topological polar surface area (TPSA) is 51.1 Å². The molecular formula is C23H24N2O2. The summed E-state index contributed by atoms with van der Waals surface area (Å²) < 4.78 is 1.74. The monoisotopic (exact) mass is 360 g/mol. The molecule has 1 atom stereocenters. The number of hydrogen-bond acceptors (Lipinski definition) is 2. The van der Waals surface area contributed by atoms with E-state index in [0.29, 0.717) is 17.8 Å². The lowest BCUT2D eigenvalue weighted by atomic mass is 10.1. The lowest BCUT2D eigenvalue weighted by Crippen LogP contribution is -2.32. The van der Waals surface area contributed by atoms with Crippen molar-refractivity contribution < 1.29 is 9.59 Å². The van der Waals surface area contributed by atoms with E-state index < -0.39 is 6.04 Å². The van der Waals surface area contributed by atoms with Crippen molar-refractivity contribution in [3.8, 4) is 0 Å². The first kappa shape index (κ1) is 18.6. The summed E-state index contributed by atoms with van der Waals surface area (Å²) in [5.74, 6) is -0.161. The van der Waals surface area contributed by atoms with Gasteiger partial charge in [0, 0.05) is 18.3 Å². The van der Waals surface area contributed by atoms with Crippen LogP contribution < -0.4 is 5.32 Å². The molecule has 27 heavy (non-hydrogen) atoms. The first-order valence-electron chi connectivity index (χ1n) is 9.25. The molecule has 0 radical (unpaired) electrons. The molecule has 4 nitrogen and oxygen atoms in total. The van der Waals surface area contributed by atoms with Crippen molar-refractivity contribution in [3.05, 3.63) is 95.8 Å². The second kappa shape index (κ2) is 8.99. The molecule has 1 heterocycles. The van der Waals surface area contributed by atoms with Gasteiger partial charge in [0.15, 0.2) is 0 Å². The highest BCUT2D eigenvalue weighted by molar-refractivity contribution is 6.08. The third-order valence-corrected chi connectivity index (χ3v) is 4.63. The van der Waals surface area contributed by atoms with Gasteiger partial charge in [-0.2, -0.15) is 0 Å². The molecule has 0 spiro atoms. The van der Waals surface area contributed by atoms with Gasteiger partial charge < -0.3 is 9.88 Å². The standard InChI is InChI=1S/C23H24N2O2/c1-18(23(27)24-16-8-12-19-10-4-2-5-11-19)25-17-9-15-21(25)22(26)20-13-6-3-7-14-20/h2-7,9-11,13-15,17-18H,8,12,16H2,1H3,(H,24,27)/t18-/m1/s1. The third-order valence-electron chi connectivity index (χ3n) is 4.63. The summed E-state index contributed by atoms with van der Waals surface area (Å²) in [6.45, 7) is 2.43. The Kier molecular flexibility index (Phi) is 6.21. The van der Waals surface area contributed by atoms with E-state index >= 15 is 0 Å². The van der Waals surface area contributed by atoms with E-state index in [1.807, 2.05) is 43.3 Å². The molecule has 0 aliphatic carbocycles. The number of nitrogens with zero attached hydrogens (tertiary/aromatic N) is 1. The molecule has 0 bridgehead atoms. The van der Waals surface area contributed by atoms with E-state index in [9.17, 15) is 9.59 Å². The molecule has 1 amide bonds. The summed E-state index contributed by atoms with van der Waals surface area (Å²) in [5, 5.41) is 2.98. The summed E-state index contributed by atoms with van der Waals surface area (Å²) >= 11 is 0. The molecule has 2 aromatic carbocycles. The van der Waals surface area contributed by atoms with Crippen LogP contribution in [0.15, 0.2) is 79.0 Å². The van der Waals surface area contributed by atoms with Crippen LogP contribution in [-0.2, 0) is 11.2 Å². The first-order valence-corrected chi connectivity index (χ1v) is 9.25. The van der Waals surface area contributed by atoms with Gasteiger partial charge in [-0.3, -0.25) is 9.59 Å². The maximum atomic E-state index is 12.7. The van der Waals surface area contributed by atoms with Crippen LogP contribution in [-0.4, -0.2) is 22.8 Å². The fourth-order valence-corrected chi connectivity index (χ4v) is 3.08. The maximum Gasteiger partial charge on any atom is 0.242 e. The Balaban J connectivity index is 1.57. The minimum atomic E-state index is -0.445. The van der Waals surface area contributed by atoms with Crippen molar-refractivity contribution >= 4 is 11.7 Å². The molecule has 3 aromatic rings. The second-order valence-electron chi connectivity index (χ2n) is 6.55. The van der Waals surface area contributed by atoms with Crippen molar-refractivity contribution in [1.29, 1.82) is 0 Å². The molecule has 138 valence electrons. The maximum absolute atomic E-state index is 12.7. The van der Waals surface area contributed by atoms with E-state index in [2.05, 4.69) is 17.4 Å². The molecular weight excluding hydrogens is 336 g/mol. The minimum absolute atomic E-state index is 0.0793. The Morgan fingerprint density at radius 2 is 1.59 bits per heavy atom. The van der Waals surface area contributed by atoms with E-state index in [-0.39, 0.29) is 11.7 Å². The lowest BCUT2D eigenvalue weighted by Gasteiger charge is -2.17. The largest absolute Gasteiger partial charge is 0.354 e. The Bertz CT molecular complexity index is 885. The van der Waals surface area contributed by atoms with Crippen LogP contribution in [0.5, 0.6) is 0 Å². The van der Waals surface area contributed by atoms with Crippen molar-refractivity contribution in [1.82, 2.24) is 9.88 Å². The Hall–Kier alpha value is -3.14. The van der Waals surface area contributed by atoms with Crippen LogP contribution in [0.4, 0.5) is 0 Å². The molecule has 4 heteroatoms. The molecule has 0 aliphatic heterocycles. The summed E-state index contributed by atoms with van der Waals surface area (Å²) in [5.41, 5.74) is 2.40. The number of carbonyl (C=O) groups excluding carboxylic acids is 2. The van der Waals surface area contributed by atoms with Crippen molar-refractivity contribution in [3.63, 3.8) is 0 Å². The number of aryl methyl sites for hydroxylation is 1. The number of aromatic nitrogens is 1. The smallest absolute Gasteiger partial charge is 0.242 e. The van der Waals surface area contributed by atoms with Crippen molar-refractivity contribution in [2.45, 2.75) is 25.8 Å². The van der Waals surface area contributed by atoms with E-state index in [1.165, 1.54) is 5.56 Å². The molecule has 1 aromatic heterocycles. The number of ketones is 1. The van der Waals surface area contributed by atoms with Crippen LogP contribution in [0.2, 0.25) is 0 Å². The van der Waals surface area contributed by atoms with Gasteiger partial charge in [0.25, 0.3) is 0 Å². The molecule has 0 aliphatic rings. The zero-order valence-electron chi connectivity index (χ0n) is 15.5. The number of amides is 1. The van der Waals surface area contributed by atoms with Crippen molar-refractivity contribution in [2.24, 2.45) is 0 Å². The van der Waals surface area contributed by atoms with Gasteiger partial charge >= 0.3 is 0 Å². The van der Waals surface area contributed by atoms with Gasteiger partial charge in [0.05, 0.1) is 5.69 Å². The van der Waals surface area contributed by atoms with E-state index in [4.69, 9.17) is 0 Å². The number of hydrogen-bond donors (Lipinski definition) is 1. The highest BCUT2D eigenvalue weighted by Gasteiger charge is 2.20. The Labute approximate surface area is 159 Å². The predicted octanol–water partition coefficient (Wildman–Crippen LogP) is 4.03. The molecule has 0 saturated heterocycles. The highest BCUT2D eigenvalue weighted by Crippen LogP contribution is 2.16. The molecule has 0 fully saturated rings. The third kappa shape index (κ3) is 4.73. The number of carbonyl (C=O) groups is 2. The summed E-state index contributed by atoms with van der Waals surface area (Å²) in [6.07, 6.45) is 3.59. The van der Waals surface area contributed by atoms with Gasteiger partial charge in [-0.1, -0.05) is 60.7 Å². The van der Waals surface area contributed by atoms with Crippen LogP contribution in [0.1, 0.15) is 41.0 Å². The van der Waals surface area contributed by atoms with Gasteiger partial charge in [0.2, 0.25) is 11.7 Å². The zero-order valence-corrected chi connectivity index (χ0v) is 15.5. The molecule has 0 saturated carbocycles. The zero-order chi connectivity index (χ0) is 19.1. The Morgan fingerprint density at radius 3 is 2.30 bits per heavy atom. The highest BCUT2D eigenvalue weighted by atomic mass is 16.2. The molecule has 3 rings (SSSR count). The van der Waals surface area contributed by atoms with Crippen molar-refractivity contribution in [2.75, 3.05) is 6.54 Å². The summed E-state index contributed by atoms with van der Waals surface area (Å²) in [6, 6.07) is 22.5. The van der Waals surface area contributed by atoms with Gasteiger partial charge in [-0.05, 0) is 37.5 Å². The lowest BCUT2D eigenvalue weighted by molar-refractivity contribution is -0.123. The minimum Gasteiger partial charge on any atom is -0.354 e. The number of nitrogens with one attached hydrogen (secondary N) is 1. The molecule has 0 unspecified atom stereocenters. The van der Waals surface area contributed by atoms with E-state index in [0.717, 1.165) is 12.8 Å². The van der Waals surface area contributed by atoms with Gasteiger partial charge in [-0.25, -0.2) is 0 Å². The summed E-state index contributed by atoms with van der Waals surface area (Å²) in [7, 11) is 0. The summed E-state index contributed by atoms with van der Waals surface area (Å²) in [4.78, 5) is 25.2. The normalized spacial score (nSPS) is 11.7. The quantitative estimate of drug-likeness (QED) is 0.487. The van der Waals surface area contributed by atoms with E-state index in [1.54, 1.807) is 35.0 Å². The average molecular weight is 360 g/mol. The first-order chi connectivity index (χ1) is 13.2. The Morgan fingerprint density at radius 1 is 0.926 bits per heavy atom. The van der Waals surface area contributed by atoms with Crippen LogP contribution >= 0.6 is 0 Å². The van der Waals surface area contributed by atoms with Crippen LogP contribution in [0.25, 0.3) is 0 Å². The van der Waals surface area contributed by atoms with Gasteiger partial charge in [-0.15, -0.1) is 0 Å². The second-order valence-corrected chi connectivity index (χ2v) is 6.55. The van der Waals surface area contributed by atoms with Gasteiger partial charge in [0.1, 0.15) is 6.04 Å². The number of benzene rings is 2. The van der Waals surface area contributed by atoms with Crippen LogP contribution in [0.3, 0.4) is 0 Å². The van der Waals surface area contributed by atoms with Crippen LogP contribution in [0, 0.1) is 0 Å². The molecule has 1 N–H and O–H groups in total. The number of rotatable bonds is 8. The fraction of sp³-hybridized carbons (Fsp3) is 0.217. The SMILES string of the molecule is C[C@H](C(=O)NCCCc1ccccc1)n1cccc1C(=O)c1ccccc1.